The van der Waals surface area contributed by atoms with Gasteiger partial charge in [0.15, 0.2) is 0 Å². The highest BCUT2D eigenvalue weighted by Gasteiger charge is 2.25. The van der Waals surface area contributed by atoms with Crippen molar-refractivity contribution in [2.24, 2.45) is 0 Å². The van der Waals surface area contributed by atoms with Crippen molar-refractivity contribution in [2.75, 3.05) is 6.54 Å². The lowest BCUT2D eigenvalue weighted by atomic mass is 9.94. The van der Waals surface area contributed by atoms with E-state index < -0.39 is 17.7 Å². The van der Waals surface area contributed by atoms with Gasteiger partial charge in [0.1, 0.15) is 11.6 Å². The van der Waals surface area contributed by atoms with Crippen molar-refractivity contribution in [2.45, 2.75) is 31.4 Å². The molecule has 0 saturated carbocycles. The number of aliphatic hydroxyl groups is 1. The van der Waals surface area contributed by atoms with Gasteiger partial charge in [0.05, 0.1) is 10.6 Å². The molecule has 1 aliphatic rings. The van der Waals surface area contributed by atoms with Crippen LogP contribution in [-0.4, -0.2) is 17.7 Å². The highest BCUT2D eigenvalue weighted by atomic mass is 79.9. The topological polar surface area (TPSA) is 32.3 Å². The van der Waals surface area contributed by atoms with E-state index in [9.17, 15) is 13.9 Å². The molecule has 0 aromatic heterocycles. The van der Waals surface area contributed by atoms with Crippen molar-refractivity contribution in [3.63, 3.8) is 0 Å². The van der Waals surface area contributed by atoms with Gasteiger partial charge in [-0.2, -0.15) is 0 Å². The molecule has 0 amide bonds. The summed E-state index contributed by atoms with van der Waals surface area (Å²) < 4.78 is 27.1. The maximum absolute atomic E-state index is 13.7. The molecule has 0 spiro atoms. The van der Waals surface area contributed by atoms with Gasteiger partial charge in [-0.25, -0.2) is 8.78 Å². The van der Waals surface area contributed by atoms with Crippen LogP contribution in [0.25, 0.3) is 0 Å². The lowest BCUT2D eigenvalue weighted by molar-refractivity contribution is 0.110. The van der Waals surface area contributed by atoms with Gasteiger partial charge in [0.2, 0.25) is 0 Å². The first-order chi connectivity index (χ1) is 8.09. The van der Waals surface area contributed by atoms with E-state index in [0.29, 0.717) is 0 Å². The first-order valence-electron chi connectivity index (χ1n) is 5.65. The van der Waals surface area contributed by atoms with Crippen molar-refractivity contribution in [1.82, 2.24) is 5.32 Å². The third-order valence-corrected chi connectivity index (χ3v) is 3.70. The van der Waals surface area contributed by atoms with Crippen LogP contribution in [0.2, 0.25) is 0 Å². The second-order valence-electron chi connectivity index (χ2n) is 4.29. The molecule has 0 aliphatic carbocycles. The zero-order valence-electron chi connectivity index (χ0n) is 9.22. The van der Waals surface area contributed by atoms with E-state index in [-0.39, 0.29) is 16.1 Å². The van der Waals surface area contributed by atoms with Crippen LogP contribution < -0.4 is 5.32 Å². The molecule has 1 fully saturated rings. The normalized spacial score (nSPS) is 22.5. The maximum Gasteiger partial charge on any atom is 0.137 e. The first-order valence-corrected chi connectivity index (χ1v) is 6.45. The van der Waals surface area contributed by atoms with Crippen LogP contribution in [0.15, 0.2) is 16.6 Å². The van der Waals surface area contributed by atoms with E-state index in [1.54, 1.807) is 0 Å². The van der Waals surface area contributed by atoms with E-state index in [2.05, 4.69) is 21.2 Å². The molecule has 2 nitrogen and oxygen atoms in total. The molecule has 1 saturated heterocycles. The smallest absolute Gasteiger partial charge is 0.137 e. The predicted molar refractivity (Wildman–Crippen MR) is 64.7 cm³/mol. The summed E-state index contributed by atoms with van der Waals surface area (Å²) >= 11 is 2.91. The van der Waals surface area contributed by atoms with Gasteiger partial charge in [-0.1, -0.05) is 6.42 Å². The van der Waals surface area contributed by atoms with Crippen LogP contribution in [0.3, 0.4) is 0 Å². The highest BCUT2D eigenvalue weighted by molar-refractivity contribution is 9.10. The average Bonchev–Trinajstić information content (AvgIpc) is 2.34. The molecular weight excluding hydrogens is 292 g/mol. The van der Waals surface area contributed by atoms with Crippen molar-refractivity contribution in [1.29, 1.82) is 0 Å². The Labute approximate surface area is 107 Å². The number of halogens is 3. The van der Waals surface area contributed by atoms with Crippen LogP contribution in [0.5, 0.6) is 0 Å². The molecule has 2 atom stereocenters. The molecule has 0 bridgehead atoms. The number of hydrogen-bond acceptors (Lipinski definition) is 2. The molecule has 94 valence electrons. The number of hydrogen-bond donors (Lipinski definition) is 2. The summed E-state index contributed by atoms with van der Waals surface area (Å²) in [6.45, 7) is 0.808. The minimum Gasteiger partial charge on any atom is -0.387 e. The highest BCUT2D eigenvalue weighted by Crippen LogP contribution is 2.28. The maximum atomic E-state index is 13.7. The summed E-state index contributed by atoms with van der Waals surface area (Å²) in [6, 6.07) is 1.91. The minimum absolute atomic E-state index is 0.0186. The van der Waals surface area contributed by atoms with E-state index in [0.717, 1.165) is 37.9 Å². The van der Waals surface area contributed by atoms with Gasteiger partial charge in [-0.3, -0.25) is 0 Å². The number of benzene rings is 1. The van der Waals surface area contributed by atoms with E-state index in [1.165, 1.54) is 0 Å². The zero-order valence-corrected chi connectivity index (χ0v) is 10.8. The Morgan fingerprint density at radius 3 is 2.71 bits per heavy atom. The molecule has 1 heterocycles. The predicted octanol–water partition coefficient (Wildman–Crippen LogP) is 2.90. The standard InChI is InChI=1S/C12H14BrF2NO/c13-8-6-9(14)7(5-10(8)15)12(17)11-3-1-2-4-16-11/h5-6,11-12,16-17H,1-4H2. The van der Waals surface area contributed by atoms with Gasteiger partial charge >= 0.3 is 0 Å². The number of rotatable bonds is 2. The van der Waals surface area contributed by atoms with Gasteiger partial charge in [-0.15, -0.1) is 0 Å². The molecule has 0 radical (unpaired) electrons. The van der Waals surface area contributed by atoms with Crippen molar-refractivity contribution in [3.05, 3.63) is 33.8 Å². The third-order valence-electron chi connectivity index (χ3n) is 3.09. The van der Waals surface area contributed by atoms with Crippen LogP contribution in [0.1, 0.15) is 30.9 Å². The zero-order chi connectivity index (χ0) is 12.4. The fraction of sp³-hybridized carbons (Fsp3) is 0.500. The summed E-state index contributed by atoms with van der Waals surface area (Å²) in [7, 11) is 0. The number of aliphatic hydroxyl groups excluding tert-OH is 1. The molecule has 2 N–H and O–H groups in total. The Balaban J connectivity index is 2.23. The Hall–Kier alpha value is -0.520. The van der Waals surface area contributed by atoms with Crippen molar-refractivity contribution in [3.8, 4) is 0 Å². The molecule has 2 unspecified atom stereocenters. The monoisotopic (exact) mass is 305 g/mol. The Kier molecular flexibility index (Phi) is 4.12. The largest absolute Gasteiger partial charge is 0.387 e. The molecule has 1 aliphatic heterocycles. The number of piperidine rings is 1. The van der Waals surface area contributed by atoms with Crippen LogP contribution >= 0.6 is 15.9 Å². The van der Waals surface area contributed by atoms with E-state index in [1.807, 2.05) is 0 Å². The van der Waals surface area contributed by atoms with Crippen LogP contribution in [0, 0.1) is 11.6 Å². The van der Waals surface area contributed by atoms with Crippen molar-refractivity contribution < 1.29 is 13.9 Å². The van der Waals surface area contributed by atoms with Crippen LogP contribution in [0.4, 0.5) is 8.78 Å². The summed E-state index contributed by atoms with van der Waals surface area (Å²) in [5, 5.41) is 13.2. The second kappa shape index (κ2) is 5.42. The molecule has 17 heavy (non-hydrogen) atoms. The fourth-order valence-electron chi connectivity index (χ4n) is 2.13. The van der Waals surface area contributed by atoms with Crippen LogP contribution in [-0.2, 0) is 0 Å². The lowest BCUT2D eigenvalue weighted by Gasteiger charge is -2.28. The number of nitrogens with one attached hydrogen (secondary N) is 1. The van der Waals surface area contributed by atoms with E-state index >= 15 is 0 Å². The quantitative estimate of drug-likeness (QED) is 0.824. The first kappa shape index (κ1) is 12.9. The van der Waals surface area contributed by atoms with Gasteiger partial charge in [0.25, 0.3) is 0 Å². The summed E-state index contributed by atoms with van der Waals surface area (Å²) in [5.41, 5.74) is 0.0186. The average molecular weight is 306 g/mol. The second-order valence-corrected chi connectivity index (χ2v) is 5.14. The summed E-state index contributed by atoms with van der Waals surface area (Å²) in [5.74, 6) is -1.14. The molecule has 5 heteroatoms. The Morgan fingerprint density at radius 2 is 2.06 bits per heavy atom. The fourth-order valence-corrected chi connectivity index (χ4v) is 2.45. The third kappa shape index (κ3) is 2.84. The van der Waals surface area contributed by atoms with Gasteiger partial charge in [0, 0.05) is 11.6 Å². The van der Waals surface area contributed by atoms with E-state index in [4.69, 9.17) is 0 Å². The SMILES string of the molecule is OC(c1cc(F)c(Br)cc1F)C1CCCCN1. The summed E-state index contributed by atoms with van der Waals surface area (Å²) in [4.78, 5) is 0. The Bertz CT molecular complexity index is 408. The molecule has 1 aromatic carbocycles. The summed E-state index contributed by atoms with van der Waals surface area (Å²) in [6.07, 6.45) is 1.83. The minimum atomic E-state index is -1.00. The van der Waals surface area contributed by atoms with Gasteiger partial charge < -0.3 is 10.4 Å². The molecular formula is C12H14BrF2NO. The lowest BCUT2D eigenvalue weighted by Crippen LogP contribution is -2.39. The molecule has 2 rings (SSSR count). The van der Waals surface area contributed by atoms with Crippen molar-refractivity contribution >= 4 is 15.9 Å². The van der Waals surface area contributed by atoms with Gasteiger partial charge in [-0.05, 0) is 47.4 Å². The molecule has 1 aromatic rings. The Morgan fingerprint density at radius 1 is 1.29 bits per heavy atom.